The van der Waals surface area contributed by atoms with Crippen LogP contribution >= 0.6 is 19.4 Å². The molecule has 0 radical (unpaired) electrons. The molecule has 4 atom stereocenters. The van der Waals surface area contributed by atoms with Gasteiger partial charge in [-0.2, -0.15) is 0 Å². The van der Waals surface area contributed by atoms with Crippen LogP contribution in [0.4, 0.5) is 4.39 Å². The zero-order chi connectivity index (χ0) is 24.4. The van der Waals surface area contributed by atoms with E-state index in [0.717, 1.165) is 11.1 Å². The van der Waals surface area contributed by atoms with Gasteiger partial charge in [-0.25, -0.2) is 8.96 Å². The van der Waals surface area contributed by atoms with Crippen LogP contribution < -0.4 is 9.84 Å². The number of ether oxygens (including phenoxy) is 1. The Kier molecular flexibility index (Phi) is 4.51. The predicted octanol–water partition coefficient (Wildman–Crippen LogP) is 2.95. The molecular formula is C18H19ClFN2O7P. The molecular weight excluding hydrogens is 442 g/mol. The molecule has 9 nitrogen and oxygen atoms in total. The smallest absolute Gasteiger partial charge is 0.404 e. The van der Waals surface area contributed by atoms with E-state index in [0.29, 0.717) is 10.6 Å². The topological polar surface area (TPSA) is 107 Å². The van der Waals surface area contributed by atoms with Crippen molar-refractivity contribution in [3.8, 4) is 5.75 Å². The second-order valence-corrected chi connectivity index (χ2v) is 8.68. The number of alkyl halides is 1. The van der Waals surface area contributed by atoms with Gasteiger partial charge in [0.25, 0.3) is 5.91 Å². The lowest BCUT2D eigenvalue weighted by atomic mass is 10.1. The number of amides is 1. The first-order chi connectivity index (χ1) is 15.2. The van der Waals surface area contributed by atoms with Crippen molar-refractivity contribution in [1.29, 1.82) is 0 Å². The van der Waals surface area contributed by atoms with Crippen molar-refractivity contribution in [2.24, 2.45) is 0 Å². The Hall–Kier alpha value is -1.94. The van der Waals surface area contributed by atoms with E-state index in [9.17, 15) is 14.5 Å². The van der Waals surface area contributed by atoms with E-state index in [4.69, 9.17) is 34.0 Å². The minimum Gasteiger partial charge on any atom is -0.404 e. The standard InChI is InChI=1S/C18H19ClFN2O7P/c1-10-7-22(11(2)21-16(10)24)17-14(23)6-18(20,28-17)9-27-30(25)26-8-12-5-13(19)3-4-15(12)29-30/h3-5,7,14,17,23H,2,6,8-9H2,1H3,(H,21,24)/t14-,17-,18+,30?/m1/s1/i9D2,17D. The molecule has 2 N–H and O–H groups in total. The van der Waals surface area contributed by atoms with Gasteiger partial charge in [0.05, 0.1) is 10.7 Å². The van der Waals surface area contributed by atoms with Crippen molar-refractivity contribution in [3.05, 3.63) is 53.0 Å². The Morgan fingerprint density at radius 3 is 3.17 bits per heavy atom. The Morgan fingerprint density at radius 2 is 2.40 bits per heavy atom. The minimum atomic E-state index is -4.68. The highest BCUT2D eigenvalue weighted by Crippen LogP contribution is 2.55. The van der Waals surface area contributed by atoms with Crippen molar-refractivity contribution in [3.63, 3.8) is 0 Å². The first kappa shape index (κ1) is 17.7. The molecule has 0 bridgehead atoms. The lowest BCUT2D eigenvalue weighted by Gasteiger charge is -2.34. The number of halogens is 2. The molecule has 1 aromatic rings. The Bertz CT molecular complexity index is 1120. The molecule has 0 spiro atoms. The van der Waals surface area contributed by atoms with E-state index in [1.807, 2.05) is 0 Å². The van der Waals surface area contributed by atoms with Crippen molar-refractivity contribution >= 4 is 25.3 Å². The van der Waals surface area contributed by atoms with Crippen LogP contribution in [0, 0.1) is 0 Å². The van der Waals surface area contributed by atoms with Crippen LogP contribution in [0.15, 0.2) is 42.4 Å². The number of hydrogen-bond donors (Lipinski definition) is 2. The molecule has 1 fully saturated rings. The molecule has 1 amide bonds. The van der Waals surface area contributed by atoms with Crippen molar-refractivity contribution in [2.75, 3.05) is 6.56 Å². The monoisotopic (exact) mass is 463 g/mol. The van der Waals surface area contributed by atoms with E-state index in [1.165, 1.54) is 25.1 Å². The Morgan fingerprint density at radius 1 is 1.63 bits per heavy atom. The number of carbonyl (C=O) groups excluding carboxylic acids is 1. The van der Waals surface area contributed by atoms with E-state index in [-0.39, 0.29) is 23.8 Å². The molecule has 0 saturated carbocycles. The van der Waals surface area contributed by atoms with E-state index in [1.54, 1.807) is 0 Å². The second-order valence-electron chi connectivity index (χ2n) is 6.73. The van der Waals surface area contributed by atoms with Gasteiger partial charge in [0.1, 0.15) is 24.2 Å². The maximum Gasteiger partial charge on any atom is 0.530 e. The molecule has 3 aliphatic heterocycles. The van der Waals surface area contributed by atoms with Crippen molar-refractivity contribution < 1.29 is 41.3 Å². The van der Waals surface area contributed by atoms with Crippen LogP contribution in [0.3, 0.4) is 0 Å². The number of phosphoric ester groups is 1. The number of nitrogens with zero attached hydrogens (tertiary/aromatic N) is 1. The minimum absolute atomic E-state index is 0.0425. The highest BCUT2D eigenvalue weighted by molar-refractivity contribution is 7.49. The number of aliphatic hydroxyl groups is 1. The Balaban J connectivity index is 1.58. The maximum absolute atomic E-state index is 15.7. The molecule has 3 aliphatic rings. The maximum atomic E-state index is 15.7. The number of rotatable bonds is 4. The number of phosphoric acid groups is 1. The molecule has 162 valence electrons. The highest BCUT2D eigenvalue weighted by atomic mass is 35.5. The number of benzene rings is 1. The van der Waals surface area contributed by atoms with E-state index >= 15 is 4.39 Å². The van der Waals surface area contributed by atoms with Crippen molar-refractivity contribution in [2.45, 2.75) is 38.1 Å². The fraction of sp³-hybridized carbons (Fsp3) is 0.389. The summed E-state index contributed by atoms with van der Waals surface area (Å²) < 4.78 is 73.3. The number of aliphatic hydroxyl groups excluding tert-OH is 1. The van der Waals surface area contributed by atoms with Gasteiger partial charge in [-0.15, -0.1) is 0 Å². The van der Waals surface area contributed by atoms with Crippen LogP contribution in [0.1, 0.15) is 23.0 Å². The summed E-state index contributed by atoms with van der Waals surface area (Å²) in [6.07, 6.45) is -4.55. The van der Waals surface area contributed by atoms with Gasteiger partial charge in [0.2, 0.25) is 5.85 Å². The molecule has 1 unspecified atom stereocenters. The lowest BCUT2D eigenvalue weighted by Crippen LogP contribution is -2.46. The summed E-state index contributed by atoms with van der Waals surface area (Å²) in [5.74, 6) is -4.15. The van der Waals surface area contributed by atoms with Gasteiger partial charge < -0.3 is 24.6 Å². The van der Waals surface area contributed by atoms with Crippen LogP contribution in [0.2, 0.25) is 5.02 Å². The summed E-state index contributed by atoms with van der Waals surface area (Å²) in [5, 5.41) is 13.1. The summed E-state index contributed by atoms with van der Waals surface area (Å²) in [4.78, 5) is 12.6. The predicted molar refractivity (Wildman–Crippen MR) is 103 cm³/mol. The van der Waals surface area contributed by atoms with Gasteiger partial charge in [-0.05, 0) is 25.1 Å². The van der Waals surface area contributed by atoms with Gasteiger partial charge in [-0.1, -0.05) is 18.2 Å². The van der Waals surface area contributed by atoms with E-state index < -0.39 is 44.9 Å². The fourth-order valence-electron chi connectivity index (χ4n) is 2.91. The molecule has 3 heterocycles. The molecule has 4 rings (SSSR count). The van der Waals surface area contributed by atoms with E-state index in [2.05, 4.69) is 11.9 Å². The van der Waals surface area contributed by atoms with Crippen molar-refractivity contribution in [1.82, 2.24) is 10.2 Å². The van der Waals surface area contributed by atoms with Gasteiger partial charge >= 0.3 is 7.82 Å². The van der Waals surface area contributed by atoms with Gasteiger partial charge in [0.15, 0.2) is 6.20 Å². The number of hydrogen-bond acceptors (Lipinski definition) is 8. The lowest BCUT2D eigenvalue weighted by molar-refractivity contribution is -0.184. The zero-order valence-electron chi connectivity index (χ0n) is 18.6. The normalized spacial score (nSPS) is 38.0. The summed E-state index contributed by atoms with van der Waals surface area (Å²) in [6, 6.07) is 4.29. The molecule has 0 aliphatic carbocycles. The molecule has 1 saturated heterocycles. The summed E-state index contributed by atoms with van der Waals surface area (Å²) >= 11 is 5.87. The zero-order valence-corrected chi connectivity index (χ0v) is 17.2. The number of carbonyl (C=O) groups is 1. The first-order valence-corrected chi connectivity index (χ1v) is 10.5. The van der Waals surface area contributed by atoms with Crippen LogP contribution in [-0.2, 0) is 29.8 Å². The number of nitrogens with one attached hydrogen (secondary N) is 1. The molecule has 1 aromatic carbocycles. The van der Waals surface area contributed by atoms with Gasteiger partial charge in [0, 0.05) is 28.8 Å². The Labute approximate surface area is 180 Å². The summed E-state index contributed by atoms with van der Waals surface area (Å²) in [7, 11) is -4.68. The fourth-order valence-corrected chi connectivity index (χ4v) is 4.22. The summed E-state index contributed by atoms with van der Waals surface area (Å²) in [6.45, 7) is 1.13. The third kappa shape index (κ3) is 4.12. The second kappa shape index (κ2) is 7.64. The quantitative estimate of drug-likeness (QED) is 0.656. The van der Waals surface area contributed by atoms with Crippen LogP contribution in [-0.4, -0.2) is 40.6 Å². The van der Waals surface area contributed by atoms with Gasteiger partial charge in [-0.3, -0.25) is 13.8 Å². The third-order valence-electron chi connectivity index (χ3n) is 4.39. The van der Waals surface area contributed by atoms with Crippen LogP contribution in [0.5, 0.6) is 5.75 Å². The highest BCUT2D eigenvalue weighted by Gasteiger charge is 2.51. The largest absolute Gasteiger partial charge is 0.530 e. The summed E-state index contributed by atoms with van der Waals surface area (Å²) in [5.41, 5.74) is 0.520. The average Bonchev–Trinajstić information content (AvgIpc) is 2.95. The average molecular weight is 464 g/mol. The SMILES string of the molecule is [2H]C([2H])(OP1(=O)OCc2cc(Cl)ccc2O1)[C@]1(F)C[C@@H](O)[C@]([2H])(N2C=C(C)C(=O)NC2=C)O1. The molecule has 12 heteroatoms. The van der Waals surface area contributed by atoms with Crippen LogP contribution in [0.25, 0.3) is 0 Å². The molecule has 0 aromatic heterocycles. The molecule has 30 heavy (non-hydrogen) atoms. The number of fused-ring (bicyclic) bond motifs is 1. The first-order valence-electron chi connectivity index (χ1n) is 10.2. The third-order valence-corrected chi connectivity index (χ3v) is 5.81.